The number of nitrogens with zero attached hydrogens (tertiary/aromatic N) is 4. The van der Waals surface area contributed by atoms with Gasteiger partial charge in [0.25, 0.3) is 0 Å². The monoisotopic (exact) mass is 592 g/mol. The van der Waals surface area contributed by atoms with Crippen LogP contribution < -0.4 is 4.90 Å². The Bertz CT molecular complexity index is 1090. The molecule has 0 unspecified atom stereocenters. The number of carboxylic acid groups (broad SMARTS) is 1. The van der Waals surface area contributed by atoms with E-state index in [1.165, 1.54) is 6.07 Å². The van der Waals surface area contributed by atoms with Gasteiger partial charge in [-0.25, -0.2) is 18.6 Å². The number of hydrogen-bond acceptors (Lipinski definition) is 5. The normalized spacial score (nSPS) is 11.0. The molecule has 0 spiro atoms. The summed E-state index contributed by atoms with van der Waals surface area (Å²) in [7, 11) is 3.66. The van der Waals surface area contributed by atoms with Crippen molar-refractivity contribution in [1.82, 2.24) is 15.0 Å². The number of carbonyl (C=O) groups is 1. The number of aromatic nitrogens is 3. The average molecular weight is 592 g/mol. The number of carboxylic acids is 1. The molecule has 0 aliphatic heterocycles. The molecule has 1 N–H and O–H groups in total. The van der Waals surface area contributed by atoms with Gasteiger partial charge in [-0.15, -0.1) is 6.07 Å². The third kappa shape index (κ3) is 4.54. The SMILES string of the molecule is CN(C)c1ccc(C(=O)O)nc1C(C)(C)c1cccc(-c2[c-]cc(F)nc2F)n1.[Pt]. The van der Waals surface area contributed by atoms with Crippen molar-refractivity contribution in [3.63, 3.8) is 0 Å². The Hall–Kier alpha value is -2.73. The number of rotatable bonds is 5. The van der Waals surface area contributed by atoms with Crippen LogP contribution in [0.4, 0.5) is 14.5 Å². The van der Waals surface area contributed by atoms with Gasteiger partial charge in [0.15, 0.2) is 0 Å². The minimum Gasteiger partial charge on any atom is -0.477 e. The van der Waals surface area contributed by atoms with Crippen LogP contribution in [0.3, 0.4) is 0 Å². The number of halogens is 2. The zero-order valence-corrected chi connectivity index (χ0v) is 19.0. The van der Waals surface area contributed by atoms with Crippen molar-refractivity contribution in [2.45, 2.75) is 19.3 Å². The minimum absolute atomic E-state index is 0. The van der Waals surface area contributed by atoms with E-state index in [1.54, 1.807) is 24.3 Å². The van der Waals surface area contributed by atoms with Crippen LogP contribution in [0, 0.1) is 18.0 Å². The number of anilines is 1. The van der Waals surface area contributed by atoms with E-state index in [0.29, 0.717) is 11.4 Å². The third-order valence-corrected chi connectivity index (χ3v) is 4.56. The van der Waals surface area contributed by atoms with E-state index in [-0.39, 0.29) is 38.0 Å². The van der Waals surface area contributed by atoms with Gasteiger partial charge in [-0.05, 0) is 37.7 Å². The van der Waals surface area contributed by atoms with Crippen molar-refractivity contribution >= 4 is 11.7 Å². The summed E-state index contributed by atoms with van der Waals surface area (Å²) < 4.78 is 27.2. The van der Waals surface area contributed by atoms with Crippen LogP contribution in [-0.2, 0) is 26.5 Å². The van der Waals surface area contributed by atoms with Gasteiger partial charge >= 0.3 is 5.97 Å². The maximum Gasteiger partial charge on any atom is 0.354 e. The van der Waals surface area contributed by atoms with Crippen molar-refractivity contribution in [2.24, 2.45) is 0 Å². The van der Waals surface area contributed by atoms with Gasteiger partial charge in [0, 0.05) is 40.9 Å². The maximum atomic E-state index is 14.1. The Morgan fingerprint density at radius 2 is 1.80 bits per heavy atom. The number of pyridine rings is 3. The van der Waals surface area contributed by atoms with Gasteiger partial charge in [0.2, 0.25) is 0 Å². The van der Waals surface area contributed by atoms with E-state index in [0.717, 1.165) is 11.8 Å². The number of hydrogen-bond donors (Lipinski definition) is 1. The van der Waals surface area contributed by atoms with Gasteiger partial charge in [0.05, 0.1) is 16.8 Å². The molecule has 0 saturated carbocycles. The topological polar surface area (TPSA) is 79.2 Å². The van der Waals surface area contributed by atoms with Gasteiger partial charge < -0.3 is 15.0 Å². The van der Waals surface area contributed by atoms with Crippen LogP contribution >= 0.6 is 0 Å². The molecule has 160 valence electrons. The smallest absolute Gasteiger partial charge is 0.354 e. The quantitative estimate of drug-likeness (QED) is 0.360. The molecule has 0 fully saturated rings. The Morgan fingerprint density at radius 3 is 2.40 bits per heavy atom. The molecule has 0 bridgehead atoms. The molecule has 3 heterocycles. The van der Waals surface area contributed by atoms with Crippen molar-refractivity contribution in [3.05, 3.63) is 71.4 Å². The van der Waals surface area contributed by atoms with Crippen LogP contribution in [0.1, 0.15) is 35.7 Å². The predicted molar refractivity (Wildman–Crippen MR) is 104 cm³/mol. The standard InChI is InChI=1S/C21H19F2N4O2.Pt/c1-21(2,18-15(27(3)4)10-9-14(25-18)20(28)29)16-7-5-6-13(24-16)12-8-11-17(22)26-19(12)23;/h5-7,9-11H,1-4H3,(H,28,29);/q-1;. The van der Waals surface area contributed by atoms with E-state index >= 15 is 0 Å². The maximum absolute atomic E-state index is 14.1. The summed E-state index contributed by atoms with van der Waals surface area (Å²) in [6, 6.07) is 11.6. The molecule has 3 aromatic heterocycles. The molecular weight excluding hydrogens is 573 g/mol. The Morgan fingerprint density at radius 1 is 1.10 bits per heavy atom. The predicted octanol–water partition coefficient (Wildman–Crippen LogP) is 3.70. The van der Waals surface area contributed by atoms with Gasteiger partial charge in [-0.3, -0.25) is 4.98 Å². The number of aromatic carboxylic acids is 1. The first-order chi connectivity index (χ1) is 13.6. The molecule has 3 rings (SSSR count). The second kappa shape index (κ2) is 8.96. The van der Waals surface area contributed by atoms with Gasteiger partial charge in [-0.2, -0.15) is 0 Å². The minimum atomic E-state index is -1.14. The first-order valence-electron chi connectivity index (χ1n) is 8.75. The summed E-state index contributed by atoms with van der Waals surface area (Å²) in [5.74, 6) is -3.11. The zero-order valence-electron chi connectivity index (χ0n) is 16.7. The first-order valence-corrected chi connectivity index (χ1v) is 8.75. The Kier molecular flexibility index (Phi) is 7.03. The fourth-order valence-corrected chi connectivity index (χ4v) is 2.99. The summed E-state index contributed by atoms with van der Waals surface area (Å²) in [6.45, 7) is 3.70. The van der Waals surface area contributed by atoms with Crippen LogP contribution in [0.25, 0.3) is 11.3 Å². The summed E-state index contributed by atoms with van der Waals surface area (Å²) in [5, 5.41) is 9.35. The molecule has 0 amide bonds. The van der Waals surface area contributed by atoms with Crippen molar-refractivity contribution in [1.29, 1.82) is 0 Å². The molecule has 9 heteroatoms. The second-order valence-electron chi connectivity index (χ2n) is 7.19. The summed E-state index contributed by atoms with van der Waals surface area (Å²) in [4.78, 5) is 25.3. The summed E-state index contributed by atoms with van der Waals surface area (Å²) in [5.41, 5.74) is 1.06. The Balaban J connectivity index is 0.00000320. The second-order valence-corrected chi connectivity index (χ2v) is 7.19. The van der Waals surface area contributed by atoms with Crippen LogP contribution in [-0.4, -0.2) is 40.1 Å². The van der Waals surface area contributed by atoms with Crippen molar-refractivity contribution in [2.75, 3.05) is 19.0 Å². The van der Waals surface area contributed by atoms with Crippen molar-refractivity contribution < 1.29 is 39.7 Å². The third-order valence-electron chi connectivity index (χ3n) is 4.56. The fraction of sp³-hybridized carbons (Fsp3) is 0.238. The fourth-order valence-electron chi connectivity index (χ4n) is 2.99. The van der Waals surface area contributed by atoms with E-state index in [1.807, 2.05) is 32.8 Å². The van der Waals surface area contributed by atoms with E-state index in [4.69, 9.17) is 0 Å². The zero-order chi connectivity index (χ0) is 21.3. The van der Waals surface area contributed by atoms with E-state index in [9.17, 15) is 18.7 Å². The molecule has 0 aliphatic rings. The molecule has 0 radical (unpaired) electrons. The van der Waals surface area contributed by atoms with Crippen molar-refractivity contribution in [3.8, 4) is 11.3 Å². The van der Waals surface area contributed by atoms with E-state index in [2.05, 4.69) is 21.0 Å². The molecular formula is C21H19F2N4O2Pt-. The van der Waals surface area contributed by atoms with Crippen LogP contribution in [0.5, 0.6) is 0 Å². The van der Waals surface area contributed by atoms with Gasteiger partial charge in [0.1, 0.15) is 17.6 Å². The van der Waals surface area contributed by atoms with Gasteiger partial charge in [-0.1, -0.05) is 23.8 Å². The summed E-state index contributed by atoms with van der Waals surface area (Å²) >= 11 is 0. The molecule has 0 atom stereocenters. The molecule has 30 heavy (non-hydrogen) atoms. The summed E-state index contributed by atoms with van der Waals surface area (Å²) in [6.07, 6.45) is 0. The molecule has 0 aromatic carbocycles. The van der Waals surface area contributed by atoms with Crippen LogP contribution in [0.15, 0.2) is 36.4 Å². The molecule has 6 nitrogen and oxygen atoms in total. The largest absolute Gasteiger partial charge is 0.477 e. The molecule has 0 aliphatic carbocycles. The van der Waals surface area contributed by atoms with E-state index < -0.39 is 23.3 Å². The molecule has 3 aromatic rings. The molecule has 0 saturated heterocycles. The average Bonchev–Trinajstić information content (AvgIpc) is 2.67. The van der Waals surface area contributed by atoms with Crippen LogP contribution in [0.2, 0.25) is 0 Å². The Labute approximate surface area is 187 Å². The first kappa shape index (κ1) is 23.5.